The second-order valence-corrected chi connectivity index (χ2v) is 5.22. The number of nitrogens with two attached hydrogens (primary N) is 1. The molecule has 0 bridgehead atoms. The molecule has 1 saturated carbocycles. The molecule has 4 nitrogen and oxygen atoms in total. The third-order valence-corrected chi connectivity index (χ3v) is 4.09. The molecule has 1 aliphatic carbocycles. The maximum Gasteiger partial charge on any atom is 0.0558 e. The average Bonchev–Trinajstić information content (AvgIpc) is 2.68. The fourth-order valence-electron chi connectivity index (χ4n) is 2.96. The lowest BCUT2D eigenvalue weighted by molar-refractivity contribution is 0.100. The Kier molecular flexibility index (Phi) is 4.58. The second-order valence-electron chi connectivity index (χ2n) is 5.22. The number of β-amino-alcohol motifs (C(OH)–C–C–N with tert-alkyl or cyclic N) is 1. The van der Waals surface area contributed by atoms with Gasteiger partial charge in [-0.25, -0.2) is 0 Å². The maximum atomic E-state index is 8.88. The van der Waals surface area contributed by atoms with Crippen molar-refractivity contribution in [2.45, 2.75) is 25.3 Å². The average molecular weight is 227 g/mol. The summed E-state index contributed by atoms with van der Waals surface area (Å²) in [7, 11) is 0. The zero-order valence-corrected chi connectivity index (χ0v) is 10.1. The number of hydrogen-bond donors (Lipinski definition) is 2. The predicted molar refractivity (Wildman–Crippen MR) is 65.3 cm³/mol. The van der Waals surface area contributed by atoms with E-state index in [-0.39, 0.29) is 6.61 Å². The predicted octanol–water partition coefficient (Wildman–Crippen LogP) is -0.276. The lowest BCUT2D eigenvalue weighted by Crippen LogP contribution is -2.49. The largest absolute Gasteiger partial charge is 0.395 e. The van der Waals surface area contributed by atoms with Crippen LogP contribution in [0.15, 0.2) is 0 Å². The Hall–Kier alpha value is -0.160. The van der Waals surface area contributed by atoms with Gasteiger partial charge in [0.2, 0.25) is 0 Å². The number of piperazine rings is 1. The van der Waals surface area contributed by atoms with Crippen LogP contribution in [0.4, 0.5) is 0 Å². The Morgan fingerprint density at radius 3 is 2.31 bits per heavy atom. The maximum absolute atomic E-state index is 8.88. The van der Waals surface area contributed by atoms with Gasteiger partial charge in [0.15, 0.2) is 0 Å². The van der Waals surface area contributed by atoms with Crippen molar-refractivity contribution in [1.82, 2.24) is 9.80 Å². The van der Waals surface area contributed by atoms with Gasteiger partial charge >= 0.3 is 0 Å². The first-order chi connectivity index (χ1) is 7.79. The van der Waals surface area contributed by atoms with Crippen molar-refractivity contribution in [2.75, 3.05) is 45.9 Å². The zero-order valence-electron chi connectivity index (χ0n) is 10.1. The van der Waals surface area contributed by atoms with Crippen LogP contribution in [0.25, 0.3) is 0 Å². The summed E-state index contributed by atoms with van der Waals surface area (Å²) in [6, 6.07) is 0.440. The van der Waals surface area contributed by atoms with Crippen LogP contribution in [0.5, 0.6) is 0 Å². The zero-order chi connectivity index (χ0) is 11.4. The quantitative estimate of drug-likeness (QED) is 0.694. The van der Waals surface area contributed by atoms with Gasteiger partial charge < -0.3 is 15.7 Å². The molecule has 0 amide bonds. The lowest BCUT2D eigenvalue weighted by atomic mass is 10.0. The molecule has 2 atom stereocenters. The number of hydrogen-bond acceptors (Lipinski definition) is 4. The molecule has 1 aliphatic heterocycles. The molecule has 1 saturated heterocycles. The molecule has 0 radical (unpaired) electrons. The van der Waals surface area contributed by atoms with Crippen LogP contribution < -0.4 is 5.73 Å². The van der Waals surface area contributed by atoms with Crippen LogP contribution in [-0.4, -0.2) is 66.8 Å². The minimum Gasteiger partial charge on any atom is -0.395 e. The van der Waals surface area contributed by atoms with Crippen LogP contribution in [-0.2, 0) is 0 Å². The van der Waals surface area contributed by atoms with E-state index < -0.39 is 0 Å². The molecule has 94 valence electrons. The molecule has 0 aromatic heterocycles. The normalized spacial score (nSPS) is 33.4. The molecular formula is C12H25N3O. The molecule has 2 rings (SSSR count). The summed E-state index contributed by atoms with van der Waals surface area (Å²) < 4.78 is 0. The Balaban J connectivity index is 1.68. The smallest absolute Gasteiger partial charge is 0.0558 e. The molecule has 3 N–H and O–H groups in total. The van der Waals surface area contributed by atoms with Crippen LogP contribution >= 0.6 is 0 Å². The number of aliphatic hydroxyl groups is 1. The van der Waals surface area contributed by atoms with Crippen LogP contribution in [0, 0.1) is 5.92 Å². The van der Waals surface area contributed by atoms with Gasteiger partial charge in [-0.3, -0.25) is 4.90 Å². The highest BCUT2D eigenvalue weighted by Crippen LogP contribution is 2.25. The molecule has 0 aromatic carbocycles. The number of aliphatic hydroxyl groups excluding tert-OH is 1. The lowest BCUT2D eigenvalue weighted by Gasteiger charge is -2.36. The number of rotatable bonds is 4. The van der Waals surface area contributed by atoms with Crippen molar-refractivity contribution in [2.24, 2.45) is 11.7 Å². The van der Waals surface area contributed by atoms with E-state index in [1.54, 1.807) is 0 Å². The molecule has 0 aromatic rings. The SMILES string of the molecule is NC1CCCC1CN1CCN(CCO)CC1. The van der Waals surface area contributed by atoms with Crippen molar-refractivity contribution in [3.05, 3.63) is 0 Å². The third-order valence-electron chi connectivity index (χ3n) is 4.09. The van der Waals surface area contributed by atoms with Gasteiger partial charge in [0, 0.05) is 45.3 Å². The molecule has 2 fully saturated rings. The monoisotopic (exact) mass is 227 g/mol. The summed E-state index contributed by atoms with van der Waals surface area (Å²) in [6.07, 6.45) is 3.85. The molecule has 1 heterocycles. The Labute approximate surface area is 98.4 Å². The van der Waals surface area contributed by atoms with Crippen molar-refractivity contribution in [3.8, 4) is 0 Å². The highest BCUT2D eigenvalue weighted by molar-refractivity contribution is 4.84. The minimum absolute atomic E-state index is 0.285. The first-order valence-electron chi connectivity index (χ1n) is 6.61. The van der Waals surface area contributed by atoms with E-state index in [9.17, 15) is 0 Å². The van der Waals surface area contributed by atoms with Crippen molar-refractivity contribution in [1.29, 1.82) is 0 Å². The molecule has 2 unspecified atom stereocenters. The summed E-state index contributed by atoms with van der Waals surface area (Å²) in [5.41, 5.74) is 6.10. The molecule has 2 aliphatic rings. The van der Waals surface area contributed by atoms with E-state index in [2.05, 4.69) is 9.80 Å². The van der Waals surface area contributed by atoms with Gasteiger partial charge in [0.1, 0.15) is 0 Å². The highest BCUT2D eigenvalue weighted by Gasteiger charge is 2.27. The first kappa shape index (κ1) is 12.3. The van der Waals surface area contributed by atoms with E-state index in [1.807, 2.05) is 0 Å². The standard InChI is InChI=1S/C12H25N3O/c13-12-3-1-2-11(12)10-15-6-4-14(5-7-15)8-9-16/h11-12,16H,1-10,13H2. The van der Waals surface area contributed by atoms with Gasteiger partial charge in [-0.15, -0.1) is 0 Å². The summed E-state index contributed by atoms with van der Waals surface area (Å²) in [4.78, 5) is 4.88. The van der Waals surface area contributed by atoms with Crippen LogP contribution in [0.3, 0.4) is 0 Å². The Morgan fingerprint density at radius 2 is 1.75 bits per heavy atom. The van der Waals surface area contributed by atoms with Crippen molar-refractivity contribution in [3.63, 3.8) is 0 Å². The molecular weight excluding hydrogens is 202 g/mol. The van der Waals surface area contributed by atoms with Gasteiger partial charge in [-0.05, 0) is 18.8 Å². The number of nitrogens with zero attached hydrogens (tertiary/aromatic N) is 2. The summed E-state index contributed by atoms with van der Waals surface area (Å²) in [5, 5.41) is 8.88. The van der Waals surface area contributed by atoms with E-state index >= 15 is 0 Å². The third kappa shape index (κ3) is 3.17. The summed E-state index contributed by atoms with van der Waals surface area (Å²) in [6.45, 7) is 6.79. The van der Waals surface area contributed by atoms with Crippen LogP contribution in [0.2, 0.25) is 0 Å². The van der Waals surface area contributed by atoms with Crippen molar-refractivity contribution < 1.29 is 5.11 Å². The minimum atomic E-state index is 0.285. The first-order valence-corrected chi connectivity index (χ1v) is 6.61. The van der Waals surface area contributed by atoms with E-state index in [0.29, 0.717) is 6.04 Å². The van der Waals surface area contributed by atoms with E-state index in [1.165, 1.54) is 25.8 Å². The molecule has 0 spiro atoms. The van der Waals surface area contributed by atoms with Gasteiger partial charge in [0.25, 0.3) is 0 Å². The molecule has 16 heavy (non-hydrogen) atoms. The van der Waals surface area contributed by atoms with Crippen LogP contribution in [0.1, 0.15) is 19.3 Å². The van der Waals surface area contributed by atoms with Gasteiger partial charge in [-0.2, -0.15) is 0 Å². The van der Waals surface area contributed by atoms with Gasteiger partial charge in [0.05, 0.1) is 6.61 Å². The summed E-state index contributed by atoms with van der Waals surface area (Å²) in [5.74, 6) is 0.726. The molecule has 4 heteroatoms. The van der Waals surface area contributed by atoms with E-state index in [0.717, 1.165) is 38.6 Å². The summed E-state index contributed by atoms with van der Waals surface area (Å²) >= 11 is 0. The highest BCUT2D eigenvalue weighted by atomic mass is 16.3. The topological polar surface area (TPSA) is 52.7 Å². The van der Waals surface area contributed by atoms with E-state index in [4.69, 9.17) is 10.8 Å². The Morgan fingerprint density at radius 1 is 1.06 bits per heavy atom. The van der Waals surface area contributed by atoms with Gasteiger partial charge in [-0.1, -0.05) is 6.42 Å². The van der Waals surface area contributed by atoms with Crippen molar-refractivity contribution >= 4 is 0 Å². The second kappa shape index (κ2) is 5.96. The fraction of sp³-hybridized carbons (Fsp3) is 1.00. The Bertz CT molecular complexity index is 204. The fourth-order valence-corrected chi connectivity index (χ4v) is 2.96.